The van der Waals surface area contributed by atoms with E-state index in [2.05, 4.69) is 20.4 Å². The van der Waals surface area contributed by atoms with Gasteiger partial charge in [0.15, 0.2) is 11.4 Å². The number of amides is 2. The molecule has 1 fully saturated rings. The van der Waals surface area contributed by atoms with Gasteiger partial charge in [0.2, 0.25) is 5.91 Å². The standard InChI is InChI=1S/C24H25N7O3/c1-14-21-17(11-18(19-6-4-10-34-19)28-23(21)30(2)29-14)24(33)27-16-7-8-20(26-12-16)31-9-3-5-15(13-31)22(25)32/h4,6-8,10-12,15H,3,5,9,13H2,1-2H3,(H2,25,32)(H,27,33). The number of pyridine rings is 2. The molecule has 0 aliphatic carbocycles. The summed E-state index contributed by atoms with van der Waals surface area (Å²) in [4.78, 5) is 36.1. The predicted octanol–water partition coefficient (Wildman–Crippen LogP) is 2.89. The van der Waals surface area contributed by atoms with Crippen LogP contribution in [0, 0.1) is 12.8 Å². The number of primary amides is 1. The van der Waals surface area contributed by atoms with Crippen LogP contribution in [0.4, 0.5) is 11.5 Å². The summed E-state index contributed by atoms with van der Waals surface area (Å²) in [5.41, 5.74) is 8.35. The van der Waals surface area contributed by atoms with E-state index in [1.165, 1.54) is 0 Å². The Labute approximate surface area is 195 Å². The summed E-state index contributed by atoms with van der Waals surface area (Å²) in [5, 5.41) is 8.05. The Balaban J connectivity index is 1.41. The molecule has 2 amide bonds. The molecule has 1 aliphatic rings. The molecule has 0 aromatic carbocycles. The zero-order valence-electron chi connectivity index (χ0n) is 19.0. The van der Waals surface area contributed by atoms with E-state index in [1.54, 1.807) is 48.5 Å². The van der Waals surface area contributed by atoms with Gasteiger partial charge in [-0.3, -0.25) is 14.3 Å². The summed E-state index contributed by atoms with van der Waals surface area (Å²) in [6.45, 7) is 3.22. The number of aromatic nitrogens is 4. The molecule has 0 spiro atoms. The van der Waals surface area contributed by atoms with E-state index in [4.69, 9.17) is 10.2 Å². The number of rotatable bonds is 5. The Hall–Kier alpha value is -4.21. The van der Waals surface area contributed by atoms with Crippen LogP contribution in [0.15, 0.2) is 47.2 Å². The Morgan fingerprint density at radius 1 is 1.26 bits per heavy atom. The molecule has 34 heavy (non-hydrogen) atoms. The van der Waals surface area contributed by atoms with Crippen molar-refractivity contribution in [3.63, 3.8) is 0 Å². The maximum atomic E-state index is 13.3. The monoisotopic (exact) mass is 459 g/mol. The lowest BCUT2D eigenvalue weighted by Gasteiger charge is -2.32. The summed E-state index contributed by atoms with van der Waals surface area (Å²) >= 11 is 0. The highest BCUT2D eigenvalue weighted by Gasteiger charge is 2.25. The van der Waals surface area contributed by atoms with E-state index >= 15 is 0 Å². The smallest absolute Gasteiger partial charge is 0.256 e. The lowest BCUT2D eigenvalue weighted by molar-refractivity contribution is -0.122. The van der Waals surface area contributed by atoms with Crippen LogP contribution in [0.1, 0.15) is 28.9 Å². The van der Waals surface area contributed by atoms with Gasteiger partial charge < -0.3 is 20.4 Å². The van der Waals surface area contributed by atoms with Gasteiger partial charge in [-0.1, -0.05) is 0 Å². The van der Waals surface area contributed by atoms with Crippen LogP contribution in [0.25, 0.3) is 22.5 Å². The van der Waals surface area contributed by atoms with Crippen molar-refractivity contribution in [1.82, 2.24) is 19.7 Å². The maximum Gasteiger partial charge on any atom is 0.256 e. The summed E-state index contributed by atoms with van der Waals surface area (Å²) in [7, 11) is 1.79. The topological polar surface area (TPSA) is 132 Å². The van der Waals surface area contributed by atoms with Gasteiger partial charge in [0, 0.05) is 20.1 Å². The van der Waals surface area contributed by atoms with Crippen molar-refractivity contribution in [2.75, 3.05) is 23.3 Å². The first-order valence-electron chi connectivity index (χ1n) is 11.1. The third-order valence-electron chi connectivity index (χ3n) is 6.14. The third kappa shape index (κ3) is 3.98. The molecule has 0 saturated carbocycles. The lowest BCUT2D eigenvalue weighted by Crippen LogP contribution is -2.41. The van der Waals surface area contributed by atoms with Gasteiger partial charge >= 0.3 is 0 Å². The van der Waals surface area contributed by atoms with Gasteiger partial charge in [-0.25, -0.2) is 9.97 Å². The largest absolute Gasteiger partial charge is 0.463 e. The van der Waals surface area contributed by atoms with Crippen LogP contribution < -0.4 is 16.0 Å². The van der Waals surface area contributed by atoms with Crippen molar-refractivity contribution in [1.29, 1.82) is 0 Å². The second-order valence-corrected chi connectivity index (χ2v) is 8.49. The molecule has 174 valence electrons. The fraction of sp³-hybridized carbons (Fsp3) is 0.292. The molecule has 10 nitrogen and oxygen atoms in total. The van der Waals surface area contributed by atoms with E-state index in [1.807, 2.05) is 17.9 Å². The predicted molar refractivity (Wildman–Crippen MR) is 127 cm³/mol. The number of hydrogen-bond donors (Lipinski definition) is 2. The lowest BCUT2D eigenvalue weighted by atomic mass is 9.97. The first-order chi connectivity index (χ1) is 16.4. The molecule has 4 aromatic rings. The highest BCUT2D eigenvalue weighted by Crippen LogP contribution is 2.28. The normalized spacial score (nSPS) is 16.1. The number of furan rings is 1. The molecule has 1 unspecified atom stereocenters. The fourth-order valence-electron chi connectivity index (χ4n) is 4.44. The molecule has 5 heterocycles. The number of carbonyl (C=O) groups is 2. The Morgan fingerprint density at radius 2 is 2.12 bits per heavy atom. The summed E-state index contributed by atoms with van der Waals surface area (Å²) < 4.78 is 7.15. The SMILES string of the molecule is Cc1nn(C)c2nc(-c3ccco3)cc(C(=O)Nc3ccc(N4CCCC(C(N)=O)C4)nc3)c12. The zero-order chi connectivity index (χ0) is 23.8. The Kier molecular flexibility index (Phi) is 5.48. The number of fused-ring (bicyclic) bond motifs is 1. The van der Waals surface area contributed by atoms with Gasteiger partial charge in [-0.2, -0.15) is 5.10 Å². The summed E-state index contributed by atoms with van der Waals surface area (Å²) in [6, 6.07) is 8.92. The van der Waals surface area contributed by atoms with E-state index in [9.17, 15) is 9.59 Å². The van der Waals surface area contributed by atoms with Crippen LogP contribution in [0.2, 0.25) is 0 Å². The molecule has 1 saturated heterocycles. The van der Waals surface area contributed by atoms with Crippen LogP contribution in [0.3, 0.4) is 0 Å². The van der Waals surface area contributed by atoms with Gasteiger partial charge in [0.1, 0.15) is 11.5 Å². The molecule has 5 rings (SSSR count). The second kappa shape index (κ2) is 8.62. The van der Waals surface area contributed by atoms with E-state index in [0.29, 0.717) is 46.0 Å². The summed E-state index contributed by atoms with van der Waals surface area (Å²) in [6.07, 6.45) is 4.86. The number of nitrogens with one attached hydrogen (secondary N) is 1. The third-order valence-corrected chi connectivity index (χ3v) is 6.14. The number of aryl methyl sites for hydroxylation is 2. The zero-order valence-corrected chi connectivity index (χ0v) is 19.0. The van der Waals surface area contributed by atoms with Gasteiger partial charge in [0.05, 0.1) is 40.7 Å². The first kappa shape index (κ1) is 21.6. The molecule has 0 radical (unpaired) electrons. The van der Waals surface area contributed by atoms with Gasteiger partial charge in [0.25, 0.3) is 5.91 Å². The number of nitrogens with two attached hydrogens (primary N) is 1. The average Bonchev–Trinajstić information content (AvgIpc) is 3.47. The van der Waals surface area contributed by atoms with Crippen molar-refractivity contribution >= 4 is 34.4 Å². The molecule has 3 N–H and O–H groups in total. The highest BCUT2D eigenvalue weighted by molar-refractivity contribution is 6.13. The average molecular weight is 460 g/mol. The molecule has 0 bridgehead atoms. The molecule has 1 aliphatic heterocycles. The number of piperidine rings is 1. The van der Waals surface area contributed by atoms with Gasteiger partial charge in [-0.15, -0.1) is 0 Å². The van der Waals surface area contributed by atoms with Gasteiger partial charge in [-0.05, 0) is 50.1 Å². The maximum absolute atomic E-state index is 13.3. The quantitative estimate of drug-likeness (QED) is 0.469. The van der Waals surface area contributed by atoms with Crippen molar-refractivity contribution in [2.45, 2.75) is 19.8 Å². The minimum absolute atomic E-state index is 0.171. The minimum Gasteiger partial charge on any atom is -0.463 e. The van der Waals surface area contributed by atoms with E-state index in [0.717, 1.165) is 25.2 Å². The molecule has 1 atom stereocenters. The molecule has 10 heteroatoms. The van der Waals surface area contributed by atoms with Crippen LogP contribution in [0.5, 0.6) is 0 Å². The second-order valence-electron chi connectivity index (χ2n) is 8.49. The Morgan fingerprint density at radius 3 is 2.82 bits per heavy atom. The fourth-order valence-corrected chi connectivity index (χ4v) is 4.44. The highest BCUT2D eigenvalue weighted by atomic mass is 16.3. The summed E-state index contributed by atoms with van der Waals surface area (Å²) in [5.74, 6) is 0.569. The number of carbonyl (C=O) groups excluding carboxylic acids is 2. The minimum atomic E-state index is -0.294. The molecule has 4 aromatic heterocycles. The number of anilines is 2. The number of nitrogens with zero attached hydrogens (tertiary/aromatic N) is 5. The van der Waals surface area contributed by atoms with Crippen molar-refractivity contribution in [3.8, 4) is 11.5 Å². The van der Waals surface area contributed by atoms with Crippen LogP contribution in [-0.4, -0.2) is 44.7 Å². The number of hydrogen-bond acceptors (Lipinski definition) is 7. The molecular formula is C24H25N7O3. The van der Waals surface area contributed by atoms with Crippen LogP contribution >= 0.6 is 0 Å². The van der Waals surface area contributed by atoms with E-state index < -0.39 is 0 Å². The van der Waals surface area contributed by atoms with Crippen molar-refractivity contribution < 1.29 is 14.0 Å². The Bertz CT molecular complexity index is 1360. The van der Waals surface area contributed by atoms with Crippen LogP contribution in [-0.2, 0) is 11.8 Å². The van der Waals surface area contributed by atoms with Crippen molar-refractivity contribution in [3.05, 3.63) is 54.0 Å². The molecular weight excluding hydrogens is 434 g/mol. The van der Waals surface area contributed by atoms with Crippen molar-refractivity contribution in [2.24, 2.45) is 18.7 Å². The van der Waals surface area contributed by atoms with E-state index in [-0.39, 0.29) is 17.7 Å². The first-order valence-corrected chi connectivity index (χ1v) is 11.1.